The van der Waals surface area contributed by atoms with Gasteiger partial charge in [-0.2, -0.15) is 0 Å². The minimum atomic E-state index is -0.789. The topological polar surface area (TPSA) is 49.3 Å². The molecule has 0 unspecified atom stereocenters. The Bertz CT molecular complexity index is 399. The van der Waals surface area contributed by atoms with Crippen LogP contribution >= 0.6 is 0 Å². The summed E-state index contributed by atoms with van der Waals surface area (Å²) in [7, 11) is 0. The van der Waals surface area contributed by atoms with Gasteiger partial charge in [0.25, 0.3) is 0 Å². The van der Waals surface area contributed by atoms with Crippen LogP contribution in [-0.4, -0.2) is 24.2 Å². The Morgan fingerprint density at radius 1 is 1.33 bits per heavy atom. The van der Waals surface area contributed by atoms with Gasteiger partial charge in [-0.1, -0.05) is 12.1 Å². The van der Waals surface area contributed by atoms with Crippen LogP contribution in [0.3, 0.4) is 0 Å². The van der Waals surface area contributed by atoms with Gasteiger partial charge in [-0.05, 0) is 55.5 Å². The zero-order chi connectivity index (χ0) is 13.0. The second-order valence-corrected chi connectivity index (χ2v) is 4.84. The average Bonchev–Trinajstić information content (AvgIpc) is 2.38. The van der Waals surface area contributed by atoms with Crippen molar-refractivity contribution in [2.75, 3.05) is 13.1 Å². The Labute approximate surface area is 106 Å². The van der Waals surface area contributed by atoms with E-state index in [2.05, 4.69) is 5.32 Å². The van der Waals surface area contributed by atoms with Gasteiger partial charge in [0.05, 0.1) is 6.42 Å². The number of hydrogen-bond acceptors (Lipinski definition) is 2. The molecule has 18 heavy (non-hydrogen) atoms. The highest BCUT2D eigenvalue weighted by Crippen LogP contribution is 2.33. The molecule has 1 saturated heterocycles. The second kappa shape index (κ2) is 5.96. The molecule has 0 spiro atoms. The first kappa shape index (κ1) is 13.0. The zero-order valence-corrected chi connectivity index (χ0v) is 10.2. The van der Waals surface area contributed by atoms with E-state index in [1.807, 2.05) is 0 Å². The first-order valence-electron chi connectivity index (χ1n) is 6.35. The number of halogens is 1. The lowest BCUT2D eigenvalue weighted by molar-refractivity contribution is -0.137. The summed E-state index contributed by atoms with van der Waals surface area (Å²) in [6.07, 6.45) is 2.08. The Balaban J connectivity index is 2.17. The lowest BCUT2D eigenvalue weighted by atomic mass is 9.78. The number of carboxylic acid groups (broad SMARTS) is 1. The first-order valence-corrected chi connectivity index (χ1v) is 6.35. The fourth-order valence-electron chi connectivity index (χ4n) is 2.70. The van der Waals surface area contributed by atoms with Crippen molar-refractivity contribution in [1.29, 1.82) is 0 Å². The predicted molar refractivity (Wildman–Crippen MR) is 67.0 cm³/mol. The van der Waals surface area contributed by atoms with Crippen LogP contribution in [0.1, 0.15) is 30.7 Å². The van der Waals surface area contributed by atoms with E-state index in [1.54, 1.807) is 12.1 Å². The number of rotatable bonds is 4. The first-order chi connectivity index (χ1) is 8.66. The van der Waals surface area contributed by atoms with Gasteiger partial charge >= 0.3 is 5.97 Å². The molecule has 1 aromatic rings. The molecule has 1 fully saturated rings. The molecule has 0 bridgehead atoms. The molecular weight excluding hydrogens is 233 g/mol. The van der Waals surface area contributed by atoms with Crippen LogP contribution in [0.25, 0.3) is 0 Å². The molecule has 3 nitrogen and oxygen atoms in total. The van der Waals surface area contributed by atoms with Crippen molar-refractivity contribution in [1.82, 2.24) is 5.32 Å². The summed E-state index contributed by atoms with van der Waals surface area (Å²) in [5.74, 6) is -0.709. The second-order valence-electron chi connectivity index (χ2n) is 4.84. The molecule has 98 valence electrons. The van der Waals surface area contributed by atoms with Gasteiger partial charge in [-0.15, -0.1) is 0 Å². The van der Waals surface area contributed by atoms with Crippen LogP contribution in [0, 0.1) is 11.7 Å². The van der Waals surface area contributed by atoms with Gasteiger partial charge in [-0.25, -0.2) is 4.39 Å². The number of carboxylic acids is 1. The van der Waals surface area contributed by atoms with Crippen LogP contribution in [0.2, 0.25) is 0 Å². The van der Waals surface area contributed by atoms with Crippen molar-refractivity contribution in [3.8, 4) is 0 Å². The van der Waals surface area contributed by atoms with Crippen molar-refractivity contribution in [3.05, 3.63) is 35.6 Å². The summed E-state index contributed by atoms with van der Waals surface area (Å²) < 4.78 is 12.9. The lowest BCUT2D eigenvalue weighted by Gasteiger charge is -2.30. The van der Waals surface area contributed by atoms with Gasteiger partial charge in [0.15, 0.2) is 0 Å². The molecule has 1 atom stereocenters. The van der Waals surface area contributed by atoms with Crippen molar-refractivity contribution < 1.29 is 14.3 Å². The number of nitrogens with one attached hydrogen (secondary N) is 1. The van der Waals surface area contributed by atoms with Gasteiger partial charge in [0.1, 0.15) is 5.82 Å². The van der Waals surface area contributed by atoms with Gasteiger partial charge in [-0.3, -0.25) is 4.79 Å². The van der Waals surface area contributed by atoms with Crippen LogP contribution in [0.5, 0.6) is 0 Å². The van der Waals surface area contributed by atoms with Crippen LogP contribution in [0.4, 0.5) is 4.39 Å². The minimum absolute atomic E-state index is 0.00907. The number of aliphatic carboxylic acids is 1. The smallest absolute Gasteiger partial charge is 0.303 e. The van der Waals surface area contributed by atoms with E-state index in [-0.39, 0.29) is 18.2 Å². The summed E-state index contributed by atoms with van der Waals surface area (Å²) >= 11 is 0. The SMILES string of the molecule is O=C(O)C[C@@H](c1ccc(F)cc1)C1CCNCC1. The molecule has 0 radical (unpaired) electrons. The highest BCUT2D eigenvalue weighted by molar-refractivity contribution is 5.68. The summed E-state index contributed by atoms with van der Waals surface area (Å²) in [6.45, 7) is 1.87. The molecule has 1 heterocycles. The van der Waals surface area contributed by atoms with Crippen LogP contribution in [-0.2, 0) is 4.79 Å². The maximum Gasteiger partial charge on any atom is 0.303 e. The molecule has 0 aliphatic carbocycles. The largest absolute Gasteiger partial charge is 0.481 e. The fourth-order valence-corrected chi connectivity index (χ4v) is 2.70. The monoisotopic (exact) mass is 251 g/mol. The fraction of sp³-hybridized carbons (Fsp3) is 0.500. The number of benzene rings is 1. The van der Waals surface area contributed by atoms with E-state index < -0.39 is 5.97 Å². The molecule has 1 aromatic carbocycles. The Morgan fingerprint density at radius 3 is 2.50 bits per heavy atom. The minimum Gasteiger partial charge on any atom is -0.481 e. The van der Waals surface area contributed by atoms with Gasteiger partial charge in [0, 0.05) is 0 Å². The quantitative estimate of drug-likeness (QED) is 0.863. The third-order valence-corrected chi connectivity index (χ3v) is 3.65. The summed E-state index contributed by atoms with van der Waals surface area (Å²) in [5.41, 5.74) is 0.936. The molecule has 1 aliphatic heterocycles. The van der Waals surface area contributed by atoms with Crippen molar-refractivity contribution in [2.45, 2.75) is 25.2 Å². The maximum atomic E-state index is 12.9. The van der Waals surface area contributed by atoms with E-state index >= 15 is 0 Å². The van der Waals surface area contributed by atoms with Gasteiger partial charge in [0.2, 0.25) is 0 Å². The third-order valence-electron chi connectivity index (χ3n) is 3.65. The molecule has 0 amide bonds. The Morgan fingerprint density at radius 2 is 1.94 bits per heavy atom. The van der Waals surface area contributed by atoms with E-state index in [1.165, 1.54) is 12.1 Å². The molecule has 1 aliphatic rings. The van der Waals surface area contributed by atoms with Crippen molar-refractivity contribution >= 4 is 5.97 Å². The number of piperidine rings is 1. The van der Waals surface area contributed by atoms with Crippen LogP contribution in [0.15, 0.2) is 24.3 Å². The maximum absolute atomic E-state index is 12.9. The van der Waals surface area contributed by atoms with Crippen molar-refractivity contribution in [3.63, 3.8) is 0 Å². The number of carbonyl (C=O) groups is 1. The average molecular weight is 251 g/mol. The van der Waals surface area contributed by atoms with Crippen LogP contribution < -0.4 is 5.32 Å². The van der Waals surface area contributed by atoms with Crippen molar-refractivity contribution in [2.24, 2.45) is 5.92 Å². The molecule has 0 aromatic heterocycles. The Hall–Kier alpha value is -1.42. The van der Waals surface area contributed by atoms with E-state index in [9.17, 15) is 9.18 Å². The third kappa shape index (κ3) is 3.29. The van der Waals surface area contributed by atoms with Gasteiger partial charge < -0.3 is 10.4 Å². The predicted octanol–water partition coefficient (Wildman–Crippen LogP) is 2.38. The highest BCUT2D eigenvalue weighted by Gasteiger charge is 2.26. The normalized spacial score (nSPS) is 18.5. The molecular formula is C14H18FNO2. The molecule has 2 rings (SSSR count). The summed E-state index contributed by atoms with van der Waals surface area (Å²) in [6, 6.07) is 6.24. The number of hydrogen-bond donors (Lipinski definition) is 2. The molecule has 4 heteroatoms. The van der Waals surface area contributed by atoms with E-state index in [0.717, 1.165) is 31.5 Å². The standard InChI is InChI=1S/C14H18FNO2/c15-12-3-1-10(2-4-12)13(9-14(17)18)11-5-7-16-8-6-11/h1-4,11,13,16H,5-9H2,(H,17,18)/t13-/m0/s1. The molecule has 0 saturated carbocycles. The van der Waals surface area contributed by atoms with E-state index in [4.69, 9.17) is 5.11 Å². The Kier molecular flexibility index (Phi) is 4.31. The van der Waals surface area contributed by atoms with E-state index in [0.29, 0.717) is 5.92 Å². The zero-order valence-electron chi connectivity index (χ0n) is 10.2. The summed E-state index contributed by atoms with van der Waals surface area (Å²) in [4.78, 5) is 11.0. The molecule has 2 N–H and O–H groups in total. The summed E-state index contributed by atoms with van der Waals surface area (Å²) in [5, 5.41) is 12.3. The highest BCUT2D eigenvalue weighted by atomic mass is 19.1. The lowest BCUT2D eigenvalue weighted by Crippen LogP contribution is -2.31.